The van der Waals surface area contributed by atoms with E-state index in [9.17, 15) is 14.7 Å². The number of aliphatic carboxylic acids is 1. The Morgan fingerprint density at radius 3 is 2.49 bits per heavy atom. The van der Waals surface area contributed by atoms with Crippen molar-refractivity contribution in [1.29, 1.82) is 0 Å². The first-order valence-corrected chi connectivity index (χ1v) is 13.3. The molecule has 1 aliphatic rings. The molecule has 1 amide bonds. The molecule has 0 saturated carbocycles. The van der Waals surface area contributed by atoms with Crippen molar-refractivity contribution in [3.05, 3.63) is 99.6 Å². The fourth-order valence-corrected chi connectivity index (χ4v) is 5.10. The van der Waals surface area contributed by atoms with Crippen LogP contribution in [0.5, 0.6) is 5.75 Å². The molecule has 0 aromatic heterocycles. The van der Waals surface area contributed by atoms with Gasteiger partial charge >= 0.3 is 5.97 Å². The Bertz CT molecular complexity index is 1260. The van der Waals surface area contributed by atoms with Gasteiger partial charge in [0.2, 0.25) is 0 Å². The zero-order chi connectivity index (χ0) is 26.4. The van der Waals surface area contributed by atoms with Crippen molar-refractivity contribution in [3.8, 4) is 5.75 Å². The first-order chi connectivity index (χ1) is 17.7. The van der Waals surface area contributed by atoms with Gasteiger partial charge in [-0.25, -0.2) is 0 Å². The highest BCUT2D eigenvalue weighted by Gasteiger charge is 2.32. The fourth-order valence-electron chi connectivity index (χ4n) is 4.88. The topological polar surface area (TPSA) is 66.8 Å². The number of aryl methyl sites for hydroxylation is 2. The Hall–Kier alpha value is -3.31. The molecule has 1 N–H and O–H groups in total. The maximum absolute atomic E-state index is 13.4. The van der Waals surface area contributed by atoms with Crippen LogP contribution in [0.4, 0.5) is 0 Å². The monoisotopic (exact) mass is 519 g/mol. The highest BCUT2D eigenvalue weighted by atomic mass is 35.5. The van der Waals surface area contributed by atoms with Crippen LogP contribution < -0.4 is 4.74 Å². The van der Waals surface area contributed by atoms with Crippen molar-refractivity contribution in [1.82, 2.24) is 4.90 Å². The Kier molecular flexibility index (Phi) is 8.55. The molecule has 0 aliphatic carbocycles. The van der Waals surface area contributed by atoms with Crippen LogP contribution in [0.2, 0.25) is 5.02 Å². The normalized spacial score (nSPS) is 16.5. The molecule has 37 heavy (non-hydrogen) atoms. The van der Waals surface area contributed by atoms with E-state index in [-0.39, 0.29) is 24.6 Å². The van der Waals surface area contributed by atoms with Crippen molar-refractivity contribution in [2.45, 2.75) is 64.5 Å². The van der Waals surface area contributed by atoms with Crippen molar-refractivity contribution in [2.75, 3.05) is 6.54 Å². The standard InChI is InChI=1S/C31H34ClNO4/c1-3-4-6-22-9-11-23(12-10-22)20-33(21-29(34)35)30(36)26-13-14-28-25(18-26)15-16-31(2,37-28)19-24-7-5-8-27(32)17-24/h5,7-14,17-18H,3-4,6,15-16,19-21H2,1-2H3,(H,34,35). The average Bonchev–Trinajstić information content (AvgIpc) is 2.86. The largest absolute Gasteiger partial charge is 0.487 e. The zero-order valence-electron chi connectivity index (χ0n) is 21.5. The summed E-state index contributed by atoms with van der Waals surface area (Å²) in [5, 5.41) is 10.2. The van der Waals surface area contributed by atoms with Crippen LogP contribution in [0.25, 0.3) is 0 Å². The fraction of sp³-hybridized carbons (Fsp3) is 0.355. The second kappa shape index (κ2) is 11.8. The Balaban J connectivity index is 1.47. The van der Waals surface area contributed by atoms with E-state index in [1.165, 1.54) is 10.5 Å². The van der Waals surface area contributed by atoms with Gasteiger partial charge in [0.1, 0.15) is 17.9 Å². The van der Waals surface area contributed by atoms with E-state index in [1.807, 2.05) is 48.5 Å². The lowest BCUT2D eigenvalue weighted by molar-refractivity contribution is -0.137. The molecular formula is C31H34ClNO4. The lowest BCUT2D eigenvalue weighted by Crippen LogP contribution is -2.39. The molecule has 5 nitrogen and oxygen atoms in total. The average molecular weight is 520 g/mol. The number of rotatable bonds is 10. The van der Waals surface area contributed by atoms with Crippen molar-refractivity contribution < 1.29 is 19.4 Å². The lowest BCUT2D eigenvalue weighted by atomic mass is 9.87. The van der Waals surface area contributed by atoms with E-state index >= 15 is 0 Å². The molecule has 4 rings (SSSR count). The third-order valence-electron chi connectivity index (χ3n) is 6.88. The Morgan fingerprint density at radius 2 is 1.78 bits per heavy atom. The minimum atomic E-state index is -1.04. The lowest BCUT2D eigenvalue weighted by Gasteiger charge is -2.36. The molecule has 0 bridgehead atoms. The number of unbranched alkanes of at least 4 members (excludes halogenated alkanes) is 1. The number of hydrogen-bond acceptors (Lipinski definition) is 3. The molecule has 3 aromatic carbocycles. The Morgan fingerprint density at radius 1 is 1.03 bits per heavy atom. The van der Waals surface area contributed by atoms with E-state index < -0.39 is 5.97 Å². The summed E-state index contributed by atoms with van der Waals surface area (Å²) in [7, 11) is 0. The number of carboxylic acids is 1. The molecule has 1 aliphatic heterocycles. The summed E-state index contributed by atoms with van der Waals surface area (Å²) in [4.78, 5) is 26.3. The van der Waals surface area contributed by atoms with Crippen molar-refractivity contribution >= 4 is 23.5 Å². The highest BCUT2D eigenvalue weighted by molar-refractivity contribution is 6.30. The second-order valence-electron chi connectivity index (χ2n) is 10.2. The zero-order valence-corrected chi connectivity index (χ0v) is 22.3. The van der Waals surface area contributed by atoms with Crippen molar-refractivity contribution in [2.24, 2.45) is 0 Å². The van der Waals surface area contributed by atoms with Crippen LogP contribution in [0.1, 0.15) is 65.7 Å². The van der Waals surface area contributed by atoms with Gasteiger partial charge in [-0.3, -0.25) is 9.59 Å². The van der Waals surface area contributed by atoms with Gasteiger partial charge in [0.15, 0.2) is 0 Å². The molecule has 3 aromatic rings. The molecule has 1 heterocycles. The molecule has 1 atom stereocenters. The number of carbonyl (C=O) groups excluding carboxylic acids is 1. The summed E-state index contributed by atoms with van der Waals surface area (Å²) in [5.41, 5.74) is 4.34. The summed E-state index contributed by atoms with van der Waals surface area (Å²) in [5.74, 6) is -0.571. The van der Waals surface area contributed by atoms with E-state index in [0.717, 1.165) is 61.0 Å². The molecule has 0 spiro atoms. The SMILES string of the molecule is CCCCc1ccc(CN(CC(=O)O)C(=O)c2ccc3c(c2)CCC(C)(Cc2cccc(Cl)c2)O3)cc1. The summed E-state index contributed by atoms with van der Waals surface area (Å²) in [6.45, 7) is 4.14. The summed E-state index contributed by atoms with van der Waals surface area (Å²) >= 11 is 6.16. The predicted molar refractivity (Wildman–Crippen MR) is 146 cm³/mol. The second-order valence-corrected chi connectivity index (χ2v) is 10.6. The number of hydrogen-bond donors (Lipinski definition) is 1. The number of amides is 1. The van der Waals surface area contributed by atoms with Gasteiger partial charge in [-0.1, -0.05) is 61.3 Å². The Labute approximate surface area is 224 Å². The maximum Gasteiger partial charge on any atom is 0.323 e. The van der Waals surface area contributed by atoms with Gasteiger partial charge in [0.25, 0.3) is 5.91 Å². The number of halogens is 1. The number of nitrogens with zero attached hydrogens (tertiary/aromatic N) is 1. The van der Waals surface area contributed by atoms with Crippen LogP contribution in [0.3, 0.4) is 0 Å². The number of ether oxygens (including phenoxy) is 1. The summed E-state index contributed by atoms with van der Waals surface area (Å²) in [6, 6.07) is 21.3. The molecular weight excluding hydrogens is 486 g/mol. The van der Waals surface area contributed by atoms with Crippen molar-refractivity contribution in [3.63, 3.8) is 0 Å². The van der Waals surface area contributed by atoms with Gasteiger partial charge in [-0.15, -0.1) is 0 Å². The highest BCUT2D eigenvalue weighted by Crippen LogP contribution is 2.36. The van der Waals surface area contributed by atoms with Crippen LogP contribution >= 0.6 is 11.6 Å². The van der Waals surface area contributed by atoms with E-state index in [1.54, 1.807) is 6.07 Å². The van der Waals surface area contributed by atoms with Crippen LogP contribution in [-0.4, -0.2) is 34.0 Å². The van der Waals surface area contributed by atoms with E-state index in [2.05, 4.69) is 26.0 Å². The molecule has 0 saturated heterocycles. The molecule has 1 unspecified atom stereocenters. The predicted octanol–water partition coefficient (Wildman–Crippen LogP) is 6.74. The van der Waals surface area contributed by atoms with Gasteiger partial charge in [-0.05, 0) is 85.2 Å². The van der Waals surface area contributed by atoms with Gasteiger partial charge in [0.05, 0.1) is 0 Å². The van der Waals surface area contributed by atoms with E-state index in [4.69, 9.17) is 16.3 Å². The van der Waals surface area contributed by atoms with Crippen LogP contribution in [0.15, 0.2) is 66.7 Å². The van der Waals surface area contributed by atoms with Gasteiger partial charge < -0.3 is 14.7 Å². The number of carboxylic acid groups (broad SMARTS) is 1. The quantitative estimate of drug-likeness (QED) is 0.322. The van der Waals surface area contributed by atoms with Gasteiger partial charge in [-0.2, -0.15) is 0 Å². The molecule has 0 radical (unpaired) electrons. The minimum Gasteiger partial charge on any atom is -0.487 e. The summed E-state index contributed by atoms with van der Waals surface area (Å²) in [6.07, 6.45) is 5.58. The van der Waals surface area contributed by atoms with E-state index in [0.29, 0.717) is 10.6 Å². The summed E-state index contributed by atoms with van der Waals surface area (Å²) < 4.78 is 6.40. The number of benzene rings is 3. The first-order valence-electron chi connectivity index (χ1n) is 12.9. The maximum atomic E-state index is 13.4. The molecule has 6 heteroatoms. The number of fused-ring (bicyclic) bond motifs is 1. The van der Waals surface area contributed by atoms with Gasteiger partial charge in [0, 0.05) is 23.6 Å². The first kappa shape index (κ1) is 26.7. The minimum absolute atomic E-state index is 0.241. The molecule has 194 valence electrons. The van der Waals surface area contributed by atoms with Crippen LogP contribution in [0, 0.1) is 0 Å². The third-order valence-corrected chi connectivity index (χ3v) is 7.12. The molecule has 0 fully saturated rings. The van der Waals surface area contributed by atoms with Crippen LogP contribution in [-0.2, 0) is 30.6 Å². The smallest absolute Gasteiger partial charge is 0.323 e. The number of carbonyl (C=O) groups is 2. The third kappa shape index (κ3) is 7.14.